The van der Waals surface area contributed by atoms with Gasteiger partial charge in [0.05, 0.1) is 5.69 Å². The van der Waals surface area contributed by atoms with Gasteiger partial charge in [-0.25, -0.2) is 4.39 Å². The minimum Gasteiger partial charge on any atom is -0.363 e. The number of fused-ring (bicyclic) bond motifs is 2. The average Bonchev–Trinajstić information content (AvgIpc) is 2.68. The van der Waals surface area contributed by atoms with Crippen molar-refractivity contribution in [3.8, 4) is 0 Å². The van der Waals surface area contributed by atoms with E-state index in [9.17, 15) is 4.39 Å². The Morgan fingerprint density at radius 1 is 1.30 bits per heavy atom. The number of rotatable bonds is 4. The quantitative estimate of drug-likeness (QED) is 0.904. The number of benzene rings is 1. The largest absolute Gasteiger partial charge is 0.363 e. The van der Waals surface area contributed by atoms with Crippen LogP contribution in [0.5, 0.6) is 0 Å². The normalized spacial score (nSPS) is 28.9. The fourth-order valence-electron chi connectivity index (χ4n) is 3.78. The summed E-state index contributed by atoms with van der Waals surface area (Å²) in [6, 6.07) is 6.60. The first-order chi connectivity index (χ1) is 9.69. The van der Waals surface area contributed by atoms with Crippen molar-refractivity contribution in [2.24, 2.45) is 0 Å². The summed E-state index contributed by atoms with van der Waals surface area (Å²) in [4.78, 5) is 2.30. The van der Waals surface area contributed by atoms with E-state index in [1.165, 1.54) is 25.3 Å². The molecule has 2 unspecified atom stereocenters. The van der Waals surface area contributed by atoms with Gasteiger partial charge in [-0.05, 0) is 56.8 Å². The molecule has 20 heavy (non-hydrogen) atoms. The third-order valence-corrected chi connectivity index (χ3v) is 4.84. The Morgan fingerprint density at radius 2 is 2.00 bits per heavy atom. The highest BCUT2D eigenvalue weighted by molar-refractivity contribution is 6.30. The zero-order valence-corrected chi connectivity index (χ0v) is 12.7. The minimum atomic E-state index is -0.186. The summed E-state index contributed by atoms with van der Waals surface area (Å²) in [5, 5.41) is 4.10. The number of halogens is 2. The van der Waals surface area contributed by atoms with E-state index in [1.807, 2.05) is 6.07 Å². The lowest BCUT2D eigenvalue weighted by Crippen LogP contribution is -2.49. The van der Waals surface area contributed by atoms with Gasteiger partial charge in [-0.1, -0.05) is 18.5 Å². The van der Waals surface area contributed by atoms with E-state index in [2.05, 4.69) is 17.1 Å². The van der Waals surface area contributed by atoms with Gasteiger partial charge in [0.25, 0.3) is 0 Å². The van der Waals surface area contributed by atoms with Gasteiger partial charge in [-0.2, -0.15) is 0 Å². The Labute approximate surface area is 125 Å². The maximum absolute atomic E-state index is 14.2. The molecule has 3 rings (SSSR count). The summed E-state index contributed by atoms with van der Waals surface area (Å²) in [6.07, 6.45) is 5.77. The van der Waals surface area contributed by atoms with Crippen molar-refractivity contribution >= 4 is 17.3 Å². The van der Waals surface area contributed by atoms with Crippen LogP contribution < -0.4 is 10.2 Å². The predicted octanol–water partition coefficient (Wildman–Crippen LogP) is 3.98. The first-order valence-electron chi connectivity index (χ1n) is 7.65. The summed E-state index contributed by atoms with van der Waals surface area (Å²) < 4.78 is 14.2. The van der Waals surface area contributed by atoms with Gasteiger partial charge in [-0.15, -0.1) is 0 Å². The molecule has 1 aromatic carbocycles. The summed E-state index contributed by atoms with van der Waals surface area (Å²) >= 11 is 5.86. The van der Waals surface area contributed by atoms with Crippen LogP contribution in [0.2, 0.25) is 5.02 Å². The Morgan fingerprint density at radius 3 is 2.60 bits per heavy atom. The number of hydrogen-bond donors (Lipinski definition) is 1. The van der Waals surface area contributed by atoms with Crippen LogP contribution in [0.4, 0.5) is 10.1 Å². The highest BCUT2D eigenvalue weighted by Crippen LogP contribution is 2.40. The number of nitrogens with one attached hydrogen (secondary N) is 1. The van der Waals surface area contributed by atoms with Crippen LogP contribution >= 0.6 is 11.6 Å². The lowest BCUT2D eigenvalue weighted by Gasteiger charge is -2.41. The number of hydrogen-bond acceptors (Lipinski definition) is 2. The van der Waals surface area contributed by atoms with Crippen LogP contribution in [0, 0.1) is 5.82 Å². The monoisotopic (exact) mass is 296 g/mol. The van der Waals surface area contributed by atoms with E-state index in [4.69, 9.17) is 11.6 Å². The molecule has 2 fully saturated rings. The van der Waals surface area contributed by atoms with Crippen molar-refractivity contribution in [2.75, 3.05) is 11.4 Å². The molecule has 1 N–H and O–H groups in total. The molecule has 0 aromatic heterocycles. The van der Waals surface area contributed by atoms with Gasteiger partial charge in [0.15, 0.2) is 0 Å². The Bertz CT molecular complexity index is 466. The predicted molar refractivity (Wildman–Crippen MR) is 82.0 cm³/mol. The van der Waals surface area contributed by atoms with Gasteiger partial charge in [0.1, 0.15) is 5.82 Å². The molecule has 0 saturated carbocycles. The van der Waals surface area contributed by atoms with Gasteiger partial charge < -0.3 is 10.2 Å². The first-order valence-corrected chi connectivity index (χ1v) is 8.03. The first kappa shape index (κ1) is 14.2. The van der Waals surface area contributed by atoms with Crippen molar-refractivity contribution in [1.29, 1.82) is 0 Å². The standard InChI is InChI=1S/C16H22ClFN2/c1-2-7-19-12-9-13-4-5-14(10-12)20(13)16-6-3-11(17)8-15(16)18/h3,6,8,12-14,19H,2,4-5,7,9-10H2,1H3. The molecule has 0 amide bonds. The number of piperidine rings is 1. The molecule has 2 aliphatic rings. The van der Waals surface area contributed by atoms with Gasteiger partial charge >= 0.3 is 0 Å². The van der Waals surface area contributed by atoms with Crippen molar-refractivity contribution in [2.45, 2.75) is 57.2 Å². The van der Waals surface area contributed by atoms with Crippen molar-refractivity contribution < 1.29 is 4.39 Å². The molecule has 2 saturated heterocycles. The molecule has 4 heteroatoms. The Hall–Kier alpha value is -0.800. The fraction of sp³-hybridized carbons (Fsp3) is 0.625. The molecule has 0 radical (unpaired) electrons. The average molecular weight is 297 g/mol. The highest BCUT2D eigenvalue weighted by Gasteiger charge is 2.41. The Balaban J connectivity index is 1.76. The summed E-state index contributed by atoms with van der Waals surface area (Å²) in [5.41, 5.74) is 0.732. The van der Waals surface area contributed by atoms with Crippen LogP contribution in [-0.4, -0.2) is 24.7 Å². The van der Waals surface area contributed by atoms with Crippen molar-refractivity contribution in [3.63, 3.8) is 0 Å². The molecular weight excluding hydrogens is 275 g/mol. The van der Waals surface area contributed by atoms with E-state index >= 15 is 0 Å². The van der Waals surface area contributed by atoms with Gasteiger partial charge in [0.2, 0.25) is 0 Å². The van der Waals surface area contributed by atoms with Gasteiger partial charge in [-0.3, -0.25) is 0 Å². The summed E-state index contributed by atoms with van der Waals surface area (Å²) in [6.45, 7) is 3.28. The molecule has 2 bridgehead atoms. The second-order valence-corrected chi connectivity index (χ2v) is 6.45. The topological polar surface area (TPSA) is 15.3 Å². The van der Waals surface area contributed by atoms with E-state index in [1.54, 1.807) is 6.07 Å². The third kappa shape index (κ3) is 2.66. The van der Waals surface area contributed by atoms with Crippen molar-refractivity contribution in [1.82, 2.24) is 5.32 Å². The Kier molecular flexibility index (Phi) is 4.18. The van der Waals surface area contributed by atoms with Gasteiger partial charge in [0, 0.05) is 23.1 Å². The SMILES string of the molecule is CCCNC1CC2CCC(C1)N2c1ccc(Cl)cc1F. The minimum absolute atomic E-state index is 0.186. The van der Waals surface area contributed by atoms with E-state index in [0.717, 1.165) is 25.1 Å². The van der Waals surface area contributed by atoms with E-state index in [0.29, 0.717) is 23.1 Å². The van der Waals surface area contributed by atoms with Crippen LogP contribution in [0.25, 0.3) is 0 Å². The molecule has 2 atom stereocenters. The molecule has 2 aliphatic heterocycles. The van der Waals surface area contributed by atoms with Crippen molar-refractivity contribution in [3.05, 3.63) is 29.0 Å². The molecule has 110 valence electrons. The molecule has 1 aromatic rings. The lowest BCUT2D eigenvalue weighted by atomic mass is 9.96. The van der Waals surface area contributed by atoms with E-state index in [-0.39, 0.29) is 5.82 Å². The molecular formula is C16H22ClFN2. The van der Waals surface area contributed by atoms with Crippen LogP contribution in [0.3, 0.4) is 0 Å². The van der Waals surface area contributed by atoms with Crippen LogP contribution in [-0.2, 0) is 0 Å². The molecule has 0 aliphatic carbocycles. The third-order valence-electron chi connectivity index (χ3n) is 4.60. The highest BCUT2D eigenvalue weighted by atomic mass is 35.5. The summed E-state index contributed by atoms with van der Waals surface area (Å²) in [7, 11) is 0. The zero-order chi connectivity index (χ0) is 14.1. The molecule has 0 spiro atoms. The smallest absolute Gasteiger partial charge is 0.147 e. The number of nitrogens with zero attached hydrogens (tertiary/aromatic N) is 1. The summed E-state index contributed by atoms with van der Waals surface area (Å²) in [5.74, 6) is -0.186. The molecule has 2 nitrogen and oxygen atoms in total. The maximum atomic E-state index is 14.2. The number of anilines is 1. The second kappa shape index (κ2) is 5.90. The lowest BCUT2D eigenvalue weighted by molar-refractivity contribution is 0.354. The van der Waals surface area contributed by atoms with E-state index < -0.39 is 0 Å². The fourth-order valence-corrected chi connectivity index (χ4v) is 3.93. The second-order valence-electron chi connectivity index (χ2n) is 6.01. The maximum Gasteiger partial charge on any atom is 0.147 e. The molecule has 2 heterocycles. The van der Waals surface area contributed by atoms with Crippen LogP contribution in [0.15, 0.2) is 18.2 Å². The zero-order valence-electron chi connectivity index (χ0n) is 11.9. The van der Waals surface area contributed by atoms with Crippen LogP contribution in [0.1, 0.15) is 39.0 Å².